The minimum atomic E-state index is -1.14. The summed E-state index contributed by atoms with van der Waals surface area (Å²) in [6.45, 7) is -0.499. The lowest BCUT2D eigenvalue weighted by atomic mass is 10.0. The molecule has 3 rings (SSSR count). The molecule has 8 nitrogen and oxygen atoms in total. The van der Waals surface area contributed by atoms with Crippen LogP contribution in [0.3, 0.4) is 0 Å². The van der Waals surface area contributed by atoms with Crippen LogP contribution in [-0.4, -0.2) is 57.1 Å². The molecule has 0 fully saturated rings. The van der Waals surface area contributed by atoms with Crippen molar-refractivity contribution >= 4 is 29.6 Å². The number of aryl methyl sites for hydroxylation is 1. The van der Waals surface area contributed by atoms with Crippen LogP contribution in [0.5, 0.6) is 0 Å². The highest BCUT2D eigenvalue weighted by Gasteiger charge is 2.34. The van der Waals surface area contributed by atoms with Gasteiger partial charge in [-0.3, -0.25) is 24.4 Å². The van der Waals surface area contributed by atoms with Crippen LogP contribution in [-0.2, 0) is 20.8 Å². The molecule has 0 radical (unpaired) electrons. The third-order valence-electron chi connectivity index (χ3n) is 4.45. The minimum absolute atomic E-state index is 0.314. The molecule has 28 heavy (non-hydrogen) atoms. The number of carbonyl (C=O) groups excluding carboxylic acids is 1. The summed E-state index contributed by atoms with van der Waals surface area (Å²) in [4.78, 5) is 35.9. The lowest BCUT2D eigenvalue weighted by molar-refractivity contribution is -0.141. The van der Waals surface area contributed by atoms with Gasteiger partial charge in [0.05, 0.1) is 11.1 Å². The fourth-order valence-electron chi connectivity index (χ4n) is 3.07. The number of benzene rings is 1. The van der Waals surface area contributed by atoms with Crippen molar-refractivity contribution in [3.05, 3.63) is 54.2 Å². The van der Waals surface area contributed by atoms with Crippen LogP contribution in [0.2, 0.25) is 0 Å². The van der Waals surface area contributed by atoms with E-state index in [2.05, 4.69) is 5.32 Å². The quantitative estimate of drug-likeness (QED) is 0.607. The summed E-state index contributed by atoms with van der Waals surface area (Å²) < 4.78 is 1.50. The molecular weight excluding hydrogens is 382 g/mol. The van der Waals surface area contributed by atoms with E-state index in [0.717, 1.165) is 15.6 Å². The molecule has 1 aliphatic heterocycles. The summed E-state index contributed by atoms with van der Waals surface area (Å²) in [6, 6.07) is 11.3. The van der Waals surface area contributed by atoms with Gasteiger partial charge in [0, 0.05) is 11.9 Å². The van der Waals surface area contributed by atoms with Gasteiger partial charge in [-0.05, 0) is 30.5 Å². The summed E-state index contributed by atoms with van der Waals surface area (Å²) in [5.41, 5.74) is 1.01. The second kappa shape index (κ2) is 8.94. The number of fused-ring (bicyclic) bond motifs is 1. The van der Waals surface area contributed by atoms with Crippen molar-refractivity contribution in [3.8, 4) is 0 Å². The number of hydrogen-bond donors (Lipinski definition) is 3. The van der Waals surface area contributed by atoms with E-state index < -0.39 is 36.5 Å². The van der Waals surface area contributed by atoms with Crippen molar-refractivity contribution < 1.29 is 24.6 Å². The Morgan fingerprint density at radius 1 is 1.18 bits per heavy atom. The van der Waals surface area contributed by atoms with Crippen molar-refractivity contribution in [2.75, 3.05) is 17.3 Å². The van der Waals surface area contributed by atoms with E-state index in [1.807, 2.05) is 30.3 Å². The molecule has 0 aliphatic carbocycles. The predicted molar refractivity (Wildman–Crippen MR) is 104 cm³/mol. The zero-order chi connectivity index (χ0) is 20.1. The first-order valence-electron chi connectivity index (χ1n) is 8.82. The number of carboxylic acid groups (broad SMARTS) is 2. The number of thioether (sulfide) groups is 1. The number of rotatable bonds is 8. The number of nitrogens with one attached hydrogen (secondary N) is 1. The fourth-order valence-corrected chi connectivity index (χ4v) is 4.12. The lowest BCUT2D eigenvalue weighted by Gasteiger charge is -2.26. The van der Waals surface area contributed by atoms with Crippen molar-refractivity contribution in [2.24, 2.45) is 0 Å². The fraction of sp³-hybridized carbons (Fsp3) is 0.316. The van der Waals surface area contributed by atoms with Crippen LogP contribution >= 0.6 is 11.8 Å². The van der Waals surface area contributed by atoms with E-state index in [1.54, 1.807) is 18.3 Å². The maximum atomic E-state index is 12.9. The standard InChI is InChI=1S/C19H21N3O5S/c23-17(24)11-22-18(25)15(12-28-16-7-4-10-21(16)22)20-14(19(26)27)9-8-13-5-2-1-3-6-13/h1-7,10,14-15,20H,8-9,11-12H2,(H,23,24)(H,26,27)/t14-,15-/m0/s1. The van der Waals surface area contributed by atoms with Crippen LogP contribution in [0.4, 0.5) is 0 Å². The Morgan fingerprint density at radius 2 is 1.93 bits per heavy atom. The highest BCUT2D eigenvalue weighted by molar-refractivity contribution is 7.99. The van der Waals surface area contributed by atoms with Gasteiger partial charge in [-0.15, -0.1) is 11.8 Å². The van der Waals surface area contributed by atoms with Gasteiger partial charge in [-0.25, -0.2) is 5.01 Å². The monoisotopic (exact) mass is 403 g/mol. The molecular formula is C19H21N3O5S. The normalized spacial score (nSPS) is 17.6. The van der Waals surface area contributed by atoms with Gasteiger partial charge in [0.2, 0.25) is 0 Å². The van der Waals surface area contributed by atoms with Gasteiger partial charge in [-0.1, -0.05) is 30.3 Å². The van der Waals surface area contributed by atoms with Crippen LogP contribution < -0.4 is 10.3 Å². The van der Waals surface area contributed by atoms with E-state index >= 15 is 0 Å². The average Bonchev–Trinajstić information content (AvgIpc) is 3.09. The first-order valence-corrected chi connectivity index (χ1v) is 9.80. The van der Waals surface area contributed by atoms with Crippen LogP contribution in [0, 0.1) is 0 Å². The topological polar surface area (TPSA) is 112 Å². The van der Waals surface area contributed by atoms with Crippen molar-refractivity contribution in [1.29, 1.82) is 0 Å². The van der Waals surface area contributed by atoms with Crippen LogP contribution in [0.25, 0.3) is 0 Å². The number of aromatic nitrogens is 1. The highest BCUT2D eigenvalue weighted by atomic mass is 32.2. The largest absolute Gasteiger partial charge is 0.480 e. The Labute approximate surface area is 166 Å². The Kier molecular flexibility index (Phi) is 6.37. The molecule has 0 bridgehead atoms. The molecule has 1 aliphatic rings. The number of aliphatic carboxylic acids is 2. The number of carboxylic acids is 2. The van der Waals surface area contributed by atoms with Crippen molar-refractivity contribution in [3.63, 3.8) is 0 Å². The van der Waals surface area contributed by atoms with E-state index in [-0.39, 0.29) is 0 Å². The molecule has 2 aromatic rings. The van der Waals surface area contributed by atoms with Gasteiger partial charge >= 0.3 is 11.9 Å². The summed E-state index contributed by atoms with van der Waals surface area (Å²) in [7, 11) is 0. The van der Waals surface area contributed by atoms with Gasteiger partial charge < -0.3 is 10.2 Å². The van der Waals surface area contributed by atoms with Crippen LogP contribution in [0.15, 0.2) is 53.7 Å². The zero-order valence-electron chi connectivity index (χ0n) is 15.0. The maximum absolute atomic E-state index is 12.9. The molecule has 9 heteroatoms. The van der Waals surface area contributed by atoms with Crippen molar-refractivity contribution in [2.45, 2.75) is 30.0 Å². The minimum Gasteiger partial charge on any atom is -0.480 e. The molecule has 3 N–H and O–H groups in total. The summed E-state index contributed by atoms with van der Waals surface area (Å²) >= 11 is 1.38. The number of carbonyl (C=O) groups is 3. The molecule has 1 aromatic heterocycles. The molecule has 1 amide bonds. The van der Waals surface area contributed by atoms with Gasteiger partial charge in [0.1, 0.15) is 12.6 Å². The SMILES string of the molecule is O=C(O)CN1C(=O)[C@@H](N[C@@H](CCc2ccccc2)C(=O)O)CSc2cccn21. The second-order valence-corrected chi connectivity index (χ2v) is 7.47. The van der Waals surface area contributed by atoms with Gasteiger partial charge in [-0.2, -0.15) is 0 Å². The molecule has 0 saturated heterocycles. The highest BCUT2D eigenvalue weighted by Crippen LogP contribution is 2.24. The smallest absolute Gasteiger partial charge is 0.325 e. The Bertz CT molecular complexity index is 854. The van der Waals surface area contributed by atoms with Crippen LogP contribution in [0.1, 0.15) is 12.0 Å². The Hall–Kier alpha value is -2.78. The number of nitrogens with zero attached hydrogens (tertiary/aromatic N) is 2. The first-order chi connectivity index (χ1) is 13.5. The molecule has 0 spiro atoms. The van der Waals surface area contributed by atoms with E-state index in [1.165, 1.54) is 16.4 Å². The third kappa shape index (κ3) is 4.73. The summed E-state index contributed by atoms with van der Waals surface area (Å²) in [6.07, 6.45) is 2.49. The van der Waals surface area contributed by atoms with E-state index in [4.69, 9.17) is 0 Å². The second-order valence-electron chi connectivity index (χ2n) is 6.43. The Balaban J connectivity index is 1.73. The molecule has 2 heterocycles. The third-order valence-corrected chi connectivity index (χ3v) is 5.57. The number of hydrogen-bond acceptors (Lipinski definition) is 5. The van der Waals surface area contributed by atoms with Gasteiger partial charge in [0.25, 0.3) is 5.91 Å². The summed E-state index contributed by atoms with van der Waals surface area (Å²) in [5.74, 6) is -2.33. The zero-order valence-corrected chi connectivity index (χ0v) is 15.8. The molecule has 1 aromatic carbocycles. The van der Waals surface area contributed by atoms with Crippen molar-refractivity contribution in [1.82, 2.24) is 9.99 Å². The summed E-state index contributed by atoms with van der Waals surface area (Å²) in [5, 5.41) is 23.6. The van der Waals surface area contributed by atoms with Gasteiger partial charge in [0.15, 0.2) is 0 Å². The molecule has 0 saturated carbocycles. The first kappa shape index (κ1) is 20.0. The number of amides is 1. The molecule has 2 atom stereocenters. The Morgan fingerprint density at radius 3 is 2.61 bits per heavy atom. The molecule has 148 valence electrons. The molecule has 0 unspecified atom stereocenters. The maximum Gasteiger partial charge on any atom is 0.325 e. The predicted octanol–water partition coefficient (Wildman–Crippen LogP) is 1.19. The average molecular weight is 403 g/mol. The van der Waals surface area contributed by atoms with E-state index in [9.17, 15) is 24.6 Å². The lowest BCUT2D eigenvalue weighted by Crippen LogP contribution is -2.56. The van der Waals surface area contributed by atoms with E-state index in [0.29, 0.717) is 18.6 Å².